The number of nitrogens with zero attached hydrogens (tertiary/aromatic N) is 2. The van der Waals surface area contributed by atoms with E-state index in [1.165, 1.54) is 17.7 Å². The van der Waals surface area contributed by atoms with Crippen LogP contribution in [0.25, 0.3) is 10.4 Å². The largest absolute Gasteiger partial charge is 0.351 e. The molecule has 0 bridgehead atoms. The first-order valence-electron chi connectivity index (χ1n) is 5.44. The summed E-state index contributed by atoms with van der Waals surface area (Å²) in [6.45, 7) is 2.74. The highest BCUT2D eigenvalue weighted by molar-refractivity contribution is 7.17. The molecule has 88 valence electrons. The van der Waals surface area contributed by atoms with Gasteiger partial charge in [0, 0.05) is 29.4 Å². The number of carbonyl (C=O) groups excluding carboxylic acids is 1. The van der Waals surface area contributed by atoms with Crippen molar-refractivity contribution in [3.63, 3.8) is 0 Å². The molecule has 1 N–H and O–H groups in total. The van der Waals surface area contributed by atoms with Gasteiger partial charge in [-0.3, -0.25) is 4.79 Å². The molecule has 0 radical (unpaired) electrons. The predicted molar refractivity (Wildman–Crippen MR) is 68.0 cm³/mol. The van der Waals surface area contributed by atoms with Crippen LogP contribution in [0, 0.1) is 0 Å². The first-order chi connectivity index (χ1) is 8.31. The summed E-state index contributed by atoms with van der Waals surface area (Å²) in [5.41, 5.74) is 0.937. The molecule has 2 aromatic rings. The van der Waals surface area contributed by atoms with E-state index in [-0.39, 0.29) is 5.91 Å². The van der Waals surface area contributed by atoms with Crippen LogP contribution in [0.1, 0.15) is 23.0 Å². The maximum Gasteiger partial charge on any atom is 0.261 e. The molecule has 0 fully saturated rings. The number of thiophene rings is 1. The lowest BCUT2D eigenvalue weighted by molar-refractivity contribution is 0.0957. The van der Waals surface area contributed by atoms with Gasteiger partial charge >= 0.3 is 0 Å². The van der Waals surface area contributed by atoms with Crippen LogP contribution >= 0.6 is 11.3 Å². The zero-order valence-electron chi connectivity index (χ0n) is 9.51. The van der Waals surface area contributed by atoms with E-state index < -0.39 is 0 Å². The van der Waals surface area contributed by atoms with E-state index in [0.717, 1.165) is 21.7 Å². The highest BCUT2D eigenvalue weighted by Crippen LogP contribution is 2.26. The highest BCUT2D eigenvalue weighted by atomic mass is 32.1. The molecule has 0 spiro atoms. The standard InChI is InChI=1S/C12H13N3OS/c1-2-5-15-12(16)11-4-3-10(17-11)9-6-13-8-14-7-9/h3-4,6-8H,2,5H2,1H3,(H,15,16). The van der Waals surface area contributed by atoms with Crippen molar-refractivity contribution >= 4 is 17.2 Å². The van der Waals surface area contributed by atoms with Crippen molar-refractivity contribution in [2.24, 2.45) is 0 Å². The van der Waals surface area contributed by atoms with Gasteiger partial charge in [-0.1, -0.05) is 6.92 Å². The van der Waals surface area contributed by atoms with Crippen molar-refractivity contribution in [3.05, 3.63) is 35.7 Å². The van der Waals surface area contributed by atoms with E-state index >= 15 is 0 Å². The van der Waals surface area contributed by atoms with Crippen LogP contribution in [0.15, 0.2) is 30.9 Å². The molecule has 1 amide bonds. The highest BCUT2D eigenvalue weighted by Gasteiger charge is 2.09. The number of rotatable bonds is 4. The Morgan fingerprint density at radius 3 is 2.82 bits per heavy atom. The second-order valence-corrected chi connectivity index (χ2v) is 4.63. The van der Waals surface area contributed by atoms with Crippen LogP contribution in [-0.4, -0.2) is 22.4 Å². The summed E-state index contributed by atoms with van der Waals surface area (Å²) in [4.78, 5) is 21.4. The average molecular weight is 247 g/mol. The van der Waals surface area contributed by atoms with Gasteiger partial charge in [-0.15, -0.1) is 11.3 Å². The van der Waals surface area contributed by atoms with Crippen LogP contribution in [-0.2, 0) is 0 Å². The molecule has 2 aromatic heterocycles. The second-order valence-electron chi connectivity index (χ2n) is 3.55. The molecule has 17 heavy (non-hydrogen) atoms. The van der Waals surface area contributed by atoms with Crippen molar-refractivity contribution in [2.75, 3.05) is 6.54 Å². The molecule has 2 rings (SSSR count). The lowest BCUT2D eigenvalue weighted by atomic mass is 10.3. The number of aromatic nitrogens is 2. The Balaban J connectivity index is 2.14. The monoisotopic (exact) mass is 247 g/mol. The van der Waals surface area contributed by atoms with E-state index in [1.54, 1.807) is 12.4 Å². The van der Waals surface area contributed by atoms with Gasteiger partial charge in [-0.25, -0.2) is 9.97 Å². The Bertz CT molecular complexity index is 495. The van der Waals surface area contributed by atoms with Gasteiger partial charge < -0.3 is 5.32 Å². The van der Waals surface area contributed by atoms with Gasteiger partial charge in [0.05, 0.1) is 4.88 Å². The summed E-state index contributed by atoms with van der Waals surface area (Å²) in [5.74, 6) is -0.0139. The molecule has 0 unspecified atom stereocenters. The van der Waals surface area contributed by atoms with Gasteiger partial charge in [0.15, 0.2) is 0 Å². The van der Waals surface area contributed by atoms with Gasteiger partial charge in [-0.2, -0.15) is 0 Å². The first-order valence-corrected chi connectivity index (χ1v) is 6.26. The minimum atomic E-state index is -0.0139. The third-order valence-corrected chi connectivity index (χ3v) is 3.34. The van der Waals surface area contributed by atoms with Crippen molar-refractivity contribution in [1.82, 2.24) is 15.3 Å². The molecule has 2 heterocycles. The molecule has 0 atom stereocenters. The molecule has 0 saturated heterocycles. The van der Waals surface area contributed by atoms with Gasteiger partial charge in [0.1, 0.15) is 6.33 Å². The zero-order chi connectivity index (χ0) is 12.1. The summed E-state index contributed by atoms with van der Waals surface area (Å²) in [6, 6.07) is 3.75. The van der Waals surface area contributed by atoms with Crippen LogP contribution in [0.4, 0.5) is 0 Å². The van der Waals surface area contributed by atoms with Crippen LogP contribution in [0.5, 0.6) is 0 Å². The topological polar surface area (TPSA) is 54.9 Å². The van der Waals surface area contributed by atoms with E-state index in [9.17, 15) is 4.79 Å². The maximum atomic E-state index is 11.7. The average Bonchev–Trinajstić information content (AvgIpc) is 2.86. The van der Waals surface area contributed by atoms with E-state index in [0.29, 0.717) is 6.54 Å². The SMILES string of the molecule is CCCNC(=O)c1ccc(-c2cncnc2)s1. The number of hydrogen-bond donors (Lipinski definition) is 1. The number of amides is 1. The summed E-state index contributed by atoms with van der Waals surface area (Å²) in [5, 5.41) is 2.85. The lowest BCUT2D eigenvalue weighted by Gasteiger charge is -1.99. The number of hydrogen-bond acceptors (Lipinski definition) is 4. The minimum Gasteiger partial charge on any atom is -0.351 e. The molecular weight excluding hydrogens is 234 g/mol. The Morgan fingerprint density at radius 2 is 2.12 bits per heavy atom. The molecular formula is C12H13N3OS. The van der Waals surface area contributed by atoms with Crippen molar-refractivity contribution < 1.29 is 4.79 Å². The number of carbonyl (C=O) groups is 1. The van der Waals surface area contributed by atoms with E-state index in [1.807, 2.05) is 19.1 Å². The lowest BCUT2D eigenvalue weighted by Crippen LogP contribution is -2.22. The summed E-state index contributed by atoms with van der Waals surface area (Å²) < 4.78 is 0. The first kappa shape index (κ1) is 11.7. The fraction of sp³-hybridized carbons (Fsp3) is 0.250. The maximum absolute atomic E-state index is 11.7. The normalized spacial score (nSPS) is 10.2. The third-order valence-electron chi connectivity index (χ3n) is 2.21. The minimum absolute atomic E-state index is 0.0139. The van der Waals surface area contributed by atoms with Crippen molar-refractivity contribution in [3.8, 4) is 10.4 Å². The van der Waals surface area contributed by atoms with Crippen LogP contribution in [0.2, 0.25) is 0 Å². The van der Waals surface area contributed by atoms with Crippen LogP contribution in [0.3, 0.4) is 0 Å². The Kier molecular flexibility index (Phi) is 3.82. The summed E-state index contributed by atoms with van der Waals surface area (Å²) in [6.07, 6.45) is 5.92. The van der Waals surface area contributed by atoms with Gasteiger partial charge in [0.25, 0.3) is 5.91 Å². The smallest absolute Gasteiger partial charge is 0.261 e. The second kappa shape index (κ2) is 5.54. The molecule has 0 aromatic carbocycles. The van der Waals surface area contributed by atoms with Crippen molar-refractivity contribution in [2.45, 2.75) is 13.3 Å². The van der Waals surface area contributed by atoms with Gasteiger partial charge in [-0.05, 0) is 18.6 Å². The molecule has 4 nitrogen and oxygen atoms in total. The van der Waals surface area contributed by atoms with E-state index in [2.05, 4.69) is 15.3 Å². The summed E-state index contributed by atoms with van der Waals surface area (Å²) >= 11 is 1.45. The molecule has 0 aliphatic heterocycles. The van der Waals surface area contributed by atoms with Crippen LogP contribution < -0.4 is 5.32 Å². The predicted octanol–water partition coefficient (Wildman–Crippen LogP) is 2.34. The third kappa shape index (κ3) is 2.88. The number of nitrogens with one attached hydrogen (secondary N) is 1. The molecule has 0 saturated carbocycles. The van der Waals surface area contributed by atoms with Crippen molar-refractivity contribution in [1.29, 1.82) is 0 Å². The summed E-state index contributed by atoms with van der Waals surface area (Å²) in [7, 11) is 0. The fourth-order valence-corrected chi connectivity index (χ4v) is 2.26. The van der Waals surface area contributed by atoms with E-state index in [4.69, 9.17) is 0 Å². The Morgan fingerprint density at radius 1 is 1.35 bits per heavy atom. The Hall–Kier alpha value is -1.75. The fourth-order valence-electron chi connectivity index (χ4n) is 1.37. The quantitative estimate of drug-likeness (QED) is 0.902. The molecule has 0 aliphatic rings. The molecule has 0 aliphatic carbocycles. The van der Waals surface area contributed by atoms with Gasteiger partial charge in [0.2, 0.25) is 0 Å². The molecule has 5 heteroatoms. The zero-order valence-corrected chi connectivity index (χ0v) is 10.3. The Labute approximate surface area is 104 Å².